The zero-order valence-corrected chi connectivity index (χ0v) is 17.4. The fourth-order valence-electron chi connectivity index (χ4n) is 2.52. The van der Waals surface area contributed by atoms with Gasteiger partial charge >= 0.3 is 13.5 Å². The van der Waals surface area contributed by atoms with Crippen LogP contribution in [0.1, 0.15) is 25.1 Å². The lowest BCUT2D eigenvalue weighted by molar-refractivity contribution is -0.179. The summed E-state index contributed by atoms with van der Waals surface area (Å²) in [4.78, 5) is 14.4. The molecule has 29 heavy (non-hydrogen) atoms. The second kappa shape index (κ2) is 9.17. The summed E-state index contributed by atoms with van der Waals surface area (Å²) in [6, 6.07) is 0. The van der Waals surface area contributed by atoms with E-state index < -0.39 is 44.7 Å². The highest BCUT2D eigenvalue weighted by Crippen LogP contribution is 2.52. The van der Waals surface area contributed by atoms with E-state index >= 15 is 4.39 Å². The molecular weight excluding hydrogens is 426 g/mol. The molecule has 0 aliphatic carbocycles. The third-order valence-electron chi connectivity index (χ3n) is 3.82. The predicted octanol–water partition coefficient (Wildman–Crippen LogP) is 2.71. The quantitative estimate of drug-likeness (QED) is 0.206. The van der Waals surface area contributed by atoms with Crippen LogP contribution in [-0.4, -0.2) is 40.3 Å². The van der Waals surface area contributed by atoms with Crippen LogP contribution in [0.2, 0.25) is 0 Å². The second-order valence-corrected chi connectivity index (χ2v) is 8.09. The number of phosphoric ester groups is 1. The van der Waals surface area contributed by atoms with Gasteiger partial charge in [0.05, 0.1) is 5.56 Å². The maximum atomic E-state index is 15.1. The Bertz CT molecular complexity index is 1010. The predicted molar refractivity (Wildman–Crippen MR) is 104 cm³/mol. The van der Waals surface area contributed by atoms with Gasteiger partial charge < -0.3 is 14.4 Å². The molecule has 1 fully saturated rings. The molecule has 1 aromatic heterocycles. The summed E-state index contributed by atoms with van der Waals surface area (Å²) in [6.45, 7) is 4.27. The van der Waals surface area contributed by atoms with Gasteiger partial charge in [0.1, 0.15) is 23.1 Å². The lowest BCUT2D eigenvalue weighted by Crippen LogP contribution is -2.33. The molecular formula is C17H20FN2O7PS. The van der Waals surface area contributed by atoms with Crippen molar-refractivity contribution in [3.8, 4) is 12.3 Å². The van der Waals surface area contributed by atoms with Crippen LogP contribution in [0.4, 0.5) is 4.39 Å². The summed E-state index contributed by atoms with van der Waals surface area (Å²) < 4.78 is 48.3. The molecule has 0 aromatic carbocycles. The number of H-pyrrole nitrogens is 1. The van der Waals surface area contributed by atoms with Gasteiger partial charge in [-0.25, -0.2) is 13.8 Å². The molecule has 2 N–H and O–H groups in total. The number of allylic oxidation sites excluding steroid dienone is 2. The highest BCUT2D eigenvalue weighted by Gasteiger charge is 2.49. The molecule has 2 rings (SSSR count). The summed E-state index contributed by atoms with van der Waals surface area (Å²) in [6.07, 6.45) is 6.03. The van der Waals surface area contributed by atoms with Gasteiger partial charge in [-0.1, -0.05) is 30.8 Å². The smallest absolute Gasteiger partial charge is 0.405 e. The van der Waals surface area contributed by atoms with Crippen molar-refractivity contribution in [2.45, 2.75) is 31.5 Å². The van der Waals surface area contributed by atoms with Crippen LogP contribution in [0.15, 0.2) is 35.5 Å². The van der Waals surface area contributed by atoms with Crippen molar-refractivity contribution in [2.75, 3.05) is 13.7 Å². The minimum atomic E-state index is -4.19. The van der Waals surface area contributed by atoms with E-state index in [1.807, 2.05) is 0 Å². The standard InChI is InChI=1S/C17H20FN2O7PS/c1-5-7-11(3)27-28(23,24-4)25-10-17(18)8-13(21)15(26-17)20-9-12(6-2)14(29)19-16(20)22/h2,5,7,9,13,15,21H,3,8,10H2,1,4H3,(H,19,22,29)/b7-5-/t13-,15-,17+,28?/m1/s1. The maximum Gasteiger partial charge on any atom is 0.529 e. The third-order valence-corrected chi connectivity index (χ3v) is 5.49. The summed E-state index contributed by atoms with van der Waals surface area (Å²) in [5.41, 5.74) is -0.598. The number of aliphatic hydroxyl groups excluding tert-OH is 1. The van der Waals surface area contributed by atoms with Crippen molar-refractivity contribution in [1.82, 2.24) is 9.55 Å². The van der Waals surface area contributed by atoms with Crippen molar-refractivity contribution >= 4 is 20.0 Å². The third kappa shape index (κ3) is 5.51. The molecule has 0 spiro atoms. The number of ether oxygens (including phenoxy) is 1. The Kier molecular flexibility index (Phi) is 7.35. The summed E-state index contributed by atoms with van der Waals surface area (Å²) in [5.74, 6) is -0.347. The number of aliphatic hydroxyl groups is 1. The van der Waals surface area contributed by atoms with Gasteiger partial charge in [0.15, 0.2) is 6.23 Å². The minimum Gasteiger partial charge on any atom is -0.405 e. The molecule has 0 bridgehead atoms. The van der Waals surface area contributed by atoms with E-state index in [0.717, 1.165) is 11.7 Å². The van der Waals surface area contributed by atoms with Crippen LogP contribution in [0.3, 0.4) is 0 Å². The highest BCUT2D eigenvalue weighted by molar-refractivity contribution is 7.71. The molecule has 1 aromatic rings. The lowest BCUT2D eigenvalue weighted by Gasteiger charge is -2.23. The first kappa shape index (κ1) is 23.2. The fraction of sp³-hybridized carbons (Fsp3) is 0.412. The van der Waals surface area contributed by atoms with Crippen LogP contribution in [-0.2, 0) is 22.9 Å². The largest absolute Gasteiger partial charge is 0.529 e. The first-order valence-electron chi connectivity index (χ1n) is 8.25. The Balaban J connectivity index is 2.18. The molecule has 1 aliphatic rings. The number of aromatic nitrogens is 2. The van der Waals surface area contributed by atoms with Gasteiger partial charge in [0.2, 0.25) is 5.85 Å². The lowest BCUT2D eigenvalue weighted by atomic mass is 10.2. The molecule has 0 saturated carbocycles. The number of rotatable bonds is 8. The van der Waals surface area contributed by atoms with Crippen molar-refractivity contribution in [3.63, 3.8) is 0 Å². The zero-order chi connectivity index (χ0) is 21.8. The number of hydrogen-bond acceptors (Lipinski definition) is 8. The summed E-state index contributed by atoms with van der Waals surface area (Å²) >= 11 is 4.92. The van der Waals surface area contributed by atoms with E-state index in [4.69, 9.17) is 36.9 Å². The number of hydrogen-bond donors (Lipinski definition) is 2. The molecule has 158 valence electrons. The van der Waals surface area contributed by atoms with Gasteiger partial charge in [-0.2, -0.15) is 0 Å². The maximum absolute atomic E-state index is 15.1. The van der Waals surface area contributed by atoms with E-state index in [9.17, 15) is 14.5 Å². The number of aromatic amines is 1. The molecule has 2 heterocycles. The van der Waals surface area contributed by atoms with E-state index in [2.05, 4.69) is 17.5 Å². The number of phosphoric acid groups is 1. The SMILES string of the molecule is C#Cc1cn([C@@H]2O[C@](F)(COP(=O)(OC)OC(=C)/C=C\C)C[C@H]2O)c(=O)[nH]c1=S. The fourth-order valence-corrected chi connectivity index (χ4v) is 3.65. The molecule has 0 amide bonds. The Morgan fingerprint density at radius 1 is 1.72 bits per heavy atom. The molecule has 4 atom stereocenters. The monoisotopic (exact) mass is 446 g/mol. The van der Waals surface area contributed by atoms with Crippen molar-refractivity contribution < 1.29 is 32.4 Å². The molecule has 9 nitrogen and oxygen atoms in total. The van der Waals surface area contributed by atoms with Gasteiger partial charge in [0, 0.05) is 19.7 Å². The van der Waals surface area contributed by atoms with Gasteiger partial charge in [-0.3, -0.25) is 18.6 Å². The van der Waals surface area contributed by atoms with Crippen molar-refractivity contribution in [1.29, 1.82) is 0 Å². The Hall–Kier alpha value is -2.06. The molecule has 1 unspecified atom stereocenters. The van der Waals surface area contributed by atoms with E-state index in [1.165, 1.54) is 12.3 Å². The average molecular weight is 446 g/mol. The average Bonchev–Trinajstić information content (AvgIpc) is 2.95. The number of nitrogens with one attached hydrogen (secondary N) is 1. The van der Waals surface area contributed by atoms with Gasteiger partial charge in [-0.15, -0.1) is 6.42 Å². The number of nitrogens with zero attached hydrogens (tertiary/aromatic N) is 1. The minimum absolute atomic E-state index is 0.0237. The second-order valence-electron chi connectivity index (χ2n) is 5.98. The molecule has 1 saturated heterocycles. The van der Waals surface area contributed by atoms with Crippen LogP contribution in [0.25, 0.3) is 0 Å². The van der Waals surface area contributed by atoms with Gasteiger partial charge in [-0.05, 0) is 13.0 Å². The molecule has 0 radical (unpaired) electrons. The number of terminal acetylenes is 1. The van der Waals surface area contributed by atoms with Crippen molar-refractivity contribution in [2.24, 2.45) is 0 Å². The van der Waals surface area contributed by atoms with E-state index in [0.29, 0.717) is 0 Å². The topological polar surface area (TPSA) is 112 Å². The number of alkyl halides is 1. The molecule has 12 heteroatoms. The molecule has 1 aliphatic heterocycles. The van der Waals surface area contributed by atoms with Crippen LogP contribution < -0.4 is 5.69 Å². The highest BCUT2D eigenvalue weighted by atomic mass is 32.1. The number of halogens is 1. The summed E-state index contributed by atoms with van der Waals surface area (Å²) in [7, 11) is -3.14. The van der Waals surface area contributed by atoms with Crippen LogP contribution in [0.5, 0.6) is 0 Å². The van der Waals surface area contributed by atoms with E-state index in [-0.39, 0.29) is 16.0 Å². The van der Waals surface area contributed by atoms with Crippen molar-refractivity contribution in [3.05, 3.63) is 51.4 Å². The summed E-state index contributed by atoms with van der Waals surface area (Å²) in [5, 5.41) is 10.2. The zero-order valence-electron chi connectivity index (χ0n) is 15.7. The van der Waals surface area contributed by atoms with Crippen LogP contribution in [0, 0.1) is 17.0 Å². The Morgan fingerprint density at radius 2 is 2.41 bits per heavy atom. The van der Waals surface area contributed by atoms with E-state index in [1.54, 1.807) is 13.0 Å². The van der Waals surface area contributed by atoms with Crippen LogP contribution >= 0.6 is 20.0 Å². The Morgan fingerprint density at radius 3 is 3.00 bits per heavy atom. The normalized spacial score (nSPS) is 26.2. The first-order chi connectivity index (χ1) is 13.6. The first-order valence-corrected chi connectivity index (χ1v) is 10.1. The van der Waals surface area contributed by atoms with Gasteiger partial charge in [0.25, 0.3) is 0 Å². The Labute approximate surface area is 171 Å².